The molecule has 0 fully saturated rings. The number of carbonyl (C=O) groups excluding carboxylic acids is 2. The van der Waals surface area contributed by atoms with E-state index in [-0.39, 0.29) is 5.78 Å². The predicted molar refractivity (Wildman–Crippen MR) is 92.1 cm³/mol. The number of aldehydes is 1. The topological polar surface area (TPSA) is 34.1 Å². The lowest BCUT2D eigenvalue weighted by Crippen LogP contribution is -2.09. The van der Waals surface area contributed by atoms with E-state index in [0.717, 1.165) is 7.14 Å². The van der Waals surface area contributed by atoms with Gasteiger partial charge < -0.3 is 0 Å². The Hall–Kier alpha value is -0.470. The van der Waals surface area contributed by atoms with Gasteiger partial charge in [-0.25, -0.2) is 0 Å². The number of hydrogen-bond acceptors (Lipinski definition) is 2. The molecule has 0 atom stereocenters. The minimum Gasteiger partial charge on any atom is -0.298 e. The minimum absolute atomic E-state index is 0.228. The molecule has 0 aromatic heterocycles. The molecule has 5 heteroatoms. The number of ketones is 1. The van der Waals surface area contributed by atoms with Crippen molar-refractivity contribution in [1.29, 1.82) is 0 Å². The van der Waals surface area contributed by atoms with Gasteiger partial charge in [0, 0.05) is 23.8 Å². The van der Waals surface area contributed by atoms with Crippen LogP contribution in [-0.4, -0.2) is 12.1 Å². The zero-order valence-electron chi connectivity index (χ0n) is 9.49. The second-order valence-corrected chi connectivity index (χ2v) is 6.59. The Balaban J connectivity index is 2.63. The van der Waals surface area contributed by atoms with Crippen molar-refractivity contribution in [1.82, 2.24) is 0 Å². The molecule has 0 aliphatic heterocycles. The zero-order valence-corrected chi connectivity index (χ0v) is 14.6. The summed E-state index contributed by atoms with van der Waals surface area (Å²) in [7, 11) is 0. The maximum absolute atomic E-state index is 12.5. The molecule has 96 valence electrons. The minimum atomic E-state index is -0.228. The quantitative estimate of drug-likeness (QED) is 0.354. The summed E-state index contributed by atoms with van der Waals surface area (Å²) in [6.07, 6.45) is 0.703. The molecular formula is C14H7ClI2O2. The molecule has 0 saturated heterocycles. The number of halogens is 3. The largest absolute Gasteiger partial charge is 0.298 e. The summed E-state index contributed by atoms with van der Waals surface area (Å²) in [5.74, 6) is -0.228. The van der Waals surface area contributed by atoms with Crippen LogP contribution in [0.2, 0.25) is 5.02 Å². The first-order valence-electron chi connectivity index (χ1n) is 5.28. The van der Waals surface area contributed by atoms with Crippen LogP contribution in [0.4, 0.5) is 0 Å². The Bertz CT molecular complexity index is 668. The van der Waals surface area contributed by atoms with Gasteiger partial charge in [-0.3, -0.25) is 9.59 Å². The van der Waals surface area contributed by atoms with E-state index in [1.807, 2.05) is 6.07 Å². The van der Waals surface area contributed by atoms with E-state index in [4.69, 9.17) is 11.6 Å². The van der Waals surface area contributed by atoms with E-state index in [2.05, 4.69) is 45.2 Å². The van der Waals surface area contributed by atoms with E-state index in [9.17, 15) is 9.59 Å². The van der Waals surface area contributed by atoms with E-state index >= 15 is 0 Å². The third-order valence-corrected chi connectivity index (χ3v) is 4.36. The molecule has 2 aromatic carbocycles. The van der Waals surface area contributed by atoms with Crippen molar-refractivity contribution in [3.63, 3.8) is 0 Å². The molecule has 2 aromatic rings. The highest BCUT2D eigenvalue weighted by Gasteiger charge is 2.19. The van der Waals surface area contributed by atoms with Crippen molar-refractivity contribution in [3.05, 3.63) is 65.3 Å². The summed E-state index contributed by atoms with van der Waals surface area (Å²) >= 11 is 10.2. The zero-order chi connectivity index (χ0) is 14.0. The first-order chi connectivity index (χ1) is 9.04. The van der Waals surface area contributed by atoms with Gasteiger partial charge in [-0.05, 0) is 69.4 Å². The smallest absolute Gasteiger partial charge is 0.196 e. The summed E-state index contributed by atoms with van der Waals surface area (Å²) in [5.41, 5.74) is 1.21. The molecule has 0 N–H and O–H groups in total. The molecule has 0 spiro atoms. The van der Waals surface area contributed by atoms with Crippen LogP contribution >= 0.6 is 56.8 Å². The fourth-order valence-corrected chi connectivity index (χ4v) is 4.06. The van der Waals surface area contributed by atoms with Crippen LogP contribution in [0.15, 0.2) is 36.4 Å². The molecule has 0 saturated carbocycles. The molecule has 2 rings (SSSR count). The Morgan fingerprint density at radius 2 is 1.84 bits per heavy atom. The van der Waals surface area contributed by atoms with Crippen LogP contribution in [0.25, 0.3) is 0 Å². The Morgan fingerprint density at radius 3 is 2.47 bits per heavy atom. The second kappa shape index (κ2) is 6.32. The fraction of sp³-hybridized carbons (Fsp3) is 0. The number of carbonyl (C=O) groups is 2. The summed E-state index contributed by atoms with van der Waals surface area (Å²) in [6.45, 7) is 0. The summed E-state index contributed by atoms with van der Waals surface area (Å²) < 4.78 is 1.66. The van der Waals surface area contributed by atoms with Gasteiger partial charge in [0.15, 0.2) is 12.1 Å². The van der Waals surface area contributed by atoms with Crippen LogP contribution in [0, 0.1) is 7.14 Å². The van der Waals surface area contributed by atoms with Gasteiger partial charge in [-0.1, -0.05) is 23.7 Å². The predicted octanol–water partition coefficient (Wildman–Crippen LogP) is 4.59. The van der Waals surface area contributed by atoms with Crippen molar-refractivity contribution in [2.24, 2.45) is 0 Å². The molecule has 0 unspecified atom stereocenters. The van der Waals surface area contributed by atoms with Crippen molar-refractivity contribution in [2.75, 3.05) is 0 Å². The molecule has 0 amide bonds. The highest BCUT2D eigenvalue weighted by molar-refractivity contribution is 14.1. The average molecular weight is 496 g/mol. The lowest BCUT2D eigenvalue weighted by molar-refractivity contribution is 0.102. The van der Waals surface area contributed by atoms with Crippen LogP contribution in [0.5, 0.6) is 0 Å². The van der Waals surface area contributed by atoms with E-state index in [1.165, 1.54) is 0 Å². The van der Waals surface area contributed by atoms with Crippen molar-refractivity contribution >= 4 is 68.9 Å². The summed E-state index contributed by atoms with van der Waals surface area (Å²) in [5, 5.41) is 0.388. The fourth-order valence-electron chi connectivity index (χ4n) is 1.71. The van der Waals surface area contributed by atoms with Crippen molar-refractivity contribution < 1.29 is 9.59 Å². The van der Waals surface area contributed by atoms with Gasteiger partial charge in [0.25, 0.3) is 0 Å². The van der Waals surface area contributed by atoms with E-state index in [0.29, 0.717) is 28.0 Å². The first kappa shape index (κ1) is 14.9. The van der Waals surface area contributed by atoms with Gasteiger partial charge in [0.05, 0.1) is 5.02 Å². The second-order valence-electron chi connectivity index (χ2n) is 3.78. The average Bonchev–Trinajstić information content (AvgIpc) is 2.37. The standard InChI is InChI=1S/C14H7ClI2O2/c15-11-4-2-1-3-10(11)14(19)13-8(7-18)5-9(16)6-12(13)17/h1-7H. The molecule has 0 bridgehead atoms. The van der Waals surface area contributed by atoms with Crippen LogP contribution in [0.1, 0.15) is 26.3 Å². The number of benzene rings is 2. The monoisotopic (exact) mass is 496 g/mol. The maximum Gasteiger partial charge on any atom is 0.196 e. The van der Waals surface area contributed by atoms with Crippen molar-refractivity contribution in [2.45, 2.75) is 0 Å². The van der Waals surface area contributed by atoms with Crippen molar-refractivity contribution in [3.8, 4) is 0 Å². The lowest BCUT2D eigenvalue weighted by Gasteiger charge is -2.09. The number of rotatable bonds is 3. The molecule has 0 radical (unpaired) electrons. The van der Waals surface area contributed by atoms with Gasteiger partial charge in [-0.2, -0.15) is 0 Å². The summed E-state index contributed by atoms with van der Waals surface area (Å²) in [4.78, 5) is 23.7. The SMILES string of the molecule is O=Cc1cc(I)cc(I)c1C(=O)c1ccccc1Cl. The van der Waals surface area contributed by atoms with Crippen LogP contribution in [-0.2, 0) is 0 Å². The number of hydrogen-bond donors (Lipinski definition) is 0. The highest BCUT2D eigenvalue weighted by atomic mass is 127. The molecule has 2 nitrogen and oxygen atoms in total. The van der Waals surface area contributed by atoms with Gasteiger partial charge in [0.1, 0.15) is 0 Å². The first-order valence-corrected chi connectivity index (χ1v) is 7.81. The molecule has 0 aliphatic carbocycles. The summed E-state index contributed by atoms with van der Waals surface area (Å²) in [6, 6.07) is 10.4. The maximum atomic E-state index is 12.5. The molecule has 0 aliphatic rings. The Kier molecular flexibility index (Phi) is 4.97. The normalized spacial score (nSPS) is 10.3. The third kappa shape index (κ3) is 3.17. The highest BCUT2D eigenvalue weighted by Crippen LogP contribution is 2.25. The van der Waals surface area contributed by atoms with Crippen LogP contribution in [0.3, 0.4) is 0 Å². The Labute approximate surface area is 142 Å². The molecule has 0 heterocycles. The van der Waals surface area contributed by atoms with Gasteiger partial charge in [-0.15, -0.1) is 0 Å². The third-order valence-electron chi connectivity index (χ3n) is 2.56. The van der Waals surface area contributed by atoms with E-state index < -0.39 is 0 Å². The molecular weight excluding hydrogens is 489 g/mol. The van der Waals surface area contributed by atoms with Gasteiger partial charge >= 0.3 is 0 Å². The van der Waals surface area contributed by atoms with E-state index in [1.54, 1.807) is 30.3 Å². The molecule has 19 heavy (non-hydrogen) atoms. The lowest BCUT2D eigenvalue weighted by atomic mass is 9.99. The van der Waals surface area contributed by atoms with Crippen LogP contribution < -0.4 is 0 Å². The Morgan fingerprint density at radius 1 is 1.16 bits per heavy atom. The van der Waals surface area contributed by atoms with Gasteiger partial charge in [0.2, 0.25) is 0 Å².